The zero-order chi connectivity index (χ0) is 16.4. The van der Waals surface area contributed by atoms with Gasteiger partial charge in [0.05, 0.1) is 16.8 Å². The fourth-order valence-corrected chi connectivity index (χ4v) is 3.94. The number of para-hydroxylation sites is 1. The van der Waals surface area contributed by atoms with Gasteiger partial charge in [-0.2, -0.15) is 0 Å². The molecule has 1 fully saturated rings. The second-order valence-corrected chi connectivity index (χ2v) is 6.77. The predicted molar refractivity (Wildman–Crippen MR) is 90.1 cm³/mol. The Hall–Kier alpha value is -1.99. The Morgan fingerprint density at radius 3 is 2.83 bits per heavy atom. The van der Waals surface area contributed by atoms with Crippen LogP contribution in [0.3, 0.4) is 0 Å². The lowest BCUT2D eigenvalue weighted by Gasteiger charge is -2.39. The van der Waals surface area contributed by atoms with Gasteiger partial charge in [-0.25, -0.2) is 4.98 Å². The minimum Gasteiger partial charge on any atom is -0.357 e. The Morgan fingerprint density at radius 1 is 1.35 bits per heavy atom. The molecule has 0 aliphatic carbocycles. The lowest BCUT2D eigenvalue weighted by Crippen LogP contribution is -2.59. The molecule has 1 saturated heterocycles. The molecule has 2 heterocycles. The summed E-state index contributed by atoms with van der Waals surface area (Å²) >= 11 is 1.68. The number of rotatable bonds is 3. The van der Waals surface area contributed by atoms with E-state index in [9.17, 15) is 9.59 Å². The van der Waals surface area contributed by atoms with E-state index >= 15 is 0 Å². The van der Waals surface area contributed by atoms with E-state index in [1.54, 1.807) is 23.3 Å². The van der Waals surface area contributed by atoms with Gasteiger partial charge in [0, 0.05) is 33.6 Å². The molecule has 1 N–H and O–H groups in total. The van der Waals surface area contributed by atoms with Crippen LogP contribution in [0, 0.1) is 0 Å². The first-order valence-electron chi connectivity index (χ1n) is 7.64. The van der Waals surface area contributed by atoms with Crippen LogP contribution in [0.2, 0.25) is 0 Å². The van der Waals surface area contributed by atoms with Gasteiger partial charge in [0.1, 0.15) is 11.0 Å². The van der Waals surface area contributed by atoms with Gasteiger partial charge >= 0.3 is 0 Å². The number of hydrogen-bond acceptors (Lipinski definition) is 5. The summed E-state index contributed by atoms with van der Waals surface area (Å²) in [5.41, 5.74) is 1.01. The highest BCUT2D eigenvalue weighted by molar-refractivity contribution is 7.18. The molecule has 7 heteroatoms. The van der Waals surface area contributed by atoms with Gasteiger partial charge in [-0.15, -0.1) is 11.3 Å². The lowest BCUT2D eigenvalue weighted by atomic mass is 10.1. The molecule has 0 radical (unpaired) electrons. The van der Waals surface area contributed by atoms with E-state index in [0.717, 1.165) is 17.1 Å². The van der Waals surface area contributed by atoms with Crippen LogP contribution in [0.1, 0.15) is 11.9 Å². The van der Waals surface area contributed by atoms with E-state index in [4.69, 9.17) is 0 Å². The molecule has 0 spiro atoms. The summed E-state index contributed by atoms with van der Waals surface area (Å²) in [6.45, 7) is 4.08. The molecular weight excluding hydrogens is 312 g/mol. The summed E-state index contributed by atoms with van der Waals surface area (Å²) in [6, 6.07) is 7.64. The molecule has 0 saturated carbocycles. The Labute approximate surface area is 139 Å². The highest BCUT2D eigenvalue weighted by Crippen LogP contribution is 2.23. The van der Waals surface area contributed by atoms with Crippen LogP contribution in [0.25, 0.3) is 10.2 Å². The van der Waals surface area contributed by atoms with Crippen LogP contribution >= 0.6 is 11.3 Å². The molecule has 2 aromatic rings. The highest BCUT2D eigenvalue weighted by Gasteiger charge is 2.33. The van der Waals surface area contributed by atoms with Crippen molar-refractivity contribution >= 4 is 33.4 Å². The van der Waals surface area contributed by atoms with Crippen LogP contribution in [0.5, 0.6) is 0 Å². The number of piperazine rings is 1. The van der Waals surface area contributed by atoms with Crippen LogP contribution in [-0.2, 0) is 16.1 Å². The van der Waals surface area contributed by atoms with Crippen LogP contribution < -0.4 is 5.32 Å². The first-order valence-corrected chi connectivity index (χ1v) is 8.45. The number of likely N-dealkylation sites (N-methyl/N-ethyl adjacent to an activating group) is 1. The summed E-state index contributed by atoms with van der Waals surface area (Å²) in [7, 11) is 1.60. The SMILES string of the molecule is CNC(=O)C1CN(Cc2nc3ccccc3s2)CCN1C(C)=O. The first-order chi connectivity index (χ1) is 11.1. The molecule has 1 aromatic heterocycles. The van der Waals surface area contributed by atoms with Crippen molar-refractivity contribution in [2.45, 2.75) is 19.5 Å². The first kappa shape index (κ1) is 15.9. The number of thiazole rings is 1. The van der Waals surface area contributed by atoms with Crippen molar-refractivity contribution in [3.8, 4) is 0 Å². The molecule has 1 aromatic carbocycles. The number of nitrogens with one attached hydrogen (secondary N) is 1. The molecule has 122 valence electrons. The standard InChI is InChI=1S/C16H20N4O2S/c1-11(21)20-8-7-19(9-13(20)16(22)17-2)10-15-18-12-5-3-4-6-14(12)23-15/h3-6,13H,7-10H2,1-2H3,(H,17,22). The molecule has 6 nitrogen and oxygen atoms in total. The molecule has 1 aliphatic heterocycles. The average molecular weight is 332 g/mol. The maximum Gasteiger partial charge on any atom is 0.243 e. The Bertz CT molecular complexity index is 697. The summed E-state index contributed by atoms with van der Waals surface area (Å²) < 4.78 is 1.17. The Balaban J connectivity index is 1.73. The molecule has 2 amide bonds. The number of nitrogens with zero attached hydrogens (tertiary/aromatic N) is 3. The van der Waals surface area contributed by atoms with Crippen molar-refractivity contribution in [3.05, 3.63) is 29.3 Å². The van der Waals surface area contributed by atoms with Gasteiger partial charge in [0.25, 0.3) is 0 Å². The van der Waals surface area contributed by atoms with Crippen molar-refractivity contribution in [3.63, 3.8) is 0 Å². The molecule has 23 heavy (non-hydrogen) atoms. The number of amides is 2. The van der Waals surface area contributed by atoms with Gasteiger partial charge in [-0.1, -0.05) is 12.1 Å². The fraction of sp³-hybridized carbons (Fsp3) is 0.438. The van der Waals surface area contributed by atoms with E-state index in [1.807, 2.05) is 18.2 Å². The number of carbonyl (C=O) groups is 2. The third-order valence-corrected chi connectivity index (χ3v) is 5.14. The van der Waals surface area contributed by atoms with Crippen molar-refractivity contribution in [1.29, 1.82) is 0 Å². The van der Waals surface area contributed by atoms with E-state index in [2.05, 4.69) is 21.3 Å². The minimum atomic E-state index is -0.430. The zero-order valence-electron chi connectivity index (χ0n) is 13.3. The quantitative estimate of drug-likeness (QED) is 0.913. The summed E-state index contributed by atoms with van der Waals surface area (Å²) in [4.78, 5) is 32.3. The maximum absolute atomic E-state index is 12.1. The van der Waals surface area contributed by atoms with Gasteiger partial charge in [-0.3, -0.25) is 14.5 Å². The molecule has 1 aliphatic rings. The summed E-state index contributed by atoms with van der Waals surface area (Å²) in [5, 5.41) is 3.69. The van der Waals surface area contributed by atoms with E-state index in [-0.39, 0.29) is 11.8 Å². The third kappa shape index (κ3) is 3.35. The van der Waals surface area contributed by atoms with Crippen LogP contribution in [0.15, 0.2) is 24.3 Å². The second-order valence-electron chi connectivity index (χ2n) is 5.65. The number of hydrogen-bond donors (Lipinski definition) is 1. The smallest absolute Gasteiger partial charge is 0.243 e. The summed E-state index contributed by atoms with van der Waals surface area (Å²) in [5.74, 6) is -0.174. The Kier molecular flexibility index (Phi) is 4.58. The van der Waals surface area contributed by atoms with Gasteiger partial charge in [0.15, 0.2) is 0 Å². The van der Waals surface area contributed by atoms with Crippen molar-refractivity contribution in [2.75, 3.05) is 26.7 Å². The van der Waals surface area contributed by atoms with Crippen molar-refractivity contribution in [1.82, 2.24) is 20.1 Å². The molecule has 1 unspecified atom stereocenters. The lowest BCUT2D eigenvalue weighted by molar-refractivity contribution is -0.142. The Morgan fingerprint density at radius 2 is 2.13 bits per heavy atom. The monoisotopic (exact) mass is 332 g/mol. The average Bonchev–Trinajstić information content (AvgIpc) is 2.96. The summed E-state index contributed by atoms with van der Waals surface area (Å²) in [6.07, 6.45) is 0. The van der Waals surface area contributed by atoms with Crippen molar-refractivity contribution in [2.24, 2.45) is 0 Å². The van der Waals surface area contributed by atoms with Crippen LogP contribution in [-0.4, -0.2) is 59.3 Å². The van der Waals surface area contributed by atoms with Gasteiger partial charge in [-0.05, 0) is 12.1 Å². The third-order valence-electron chi connectivity index (χ3n) is 4.12. The van der Waals surface area contributed by atoms with E-state index in [0.29, 0.717) is 19.6 Å². The topological polar surface area (TPSA) is 65.5 Å². The maximum atomic E-state index is 12.1. The highest BCUT2D eigenvalue weighted by atomic mass is 32.1. The predicted octanol–water partition coefficient (Wildman–Crippen LogP) is 1.07. The second kappa shape index (κ2) is 6.64. The molecular formula is C16H20N4O2S. The fourth-order valence-electron chi connectivity index (χ4n) is 2.93. The normalized spacial score (nSPS) is 19.0. The van der Waals surface area contributed by atoms with Gasteiger partial charge in [0.2, 0.25) is 11.8 Å². The molecule has 0 bridgehead atoms. The van der Waals surface area contributed by atoms with Gasteiger partial charge < -0.3 is 10.2 Å². The zero-order valence-corrected chi connectivity index (χ0v) is 14.1. The van der Waals surface area contributed by atoms with E-state index in [1.165, 1.54) is 11.6 Å². The largest absolute Gasteiger partial charge is 0.357 e. The van der Waals surface area contributed by atoms with Crippen molar-refractivity contribution < 1.29 is 9.59 Å². The number of carbonyl (C=O) groups excluding carboxylic acids is 2. The van der Waals surface area contributed by atoms with E-state index < -0.39 is 6.04 Å². The molecule has 1 atom stereocenters. The minimum absolute atomic E-state index is 0.0572. The number of aromatic nitrogens is 1. The molecule has 3 rings (SSSR count). The van der Waals surface area contributed by atoms with Crippen LogP contribution in [0.4, 0.5) is 0 Å². The number of benzene rings is 1. The number of fused-ring (bicyclic) bond motifs is 1.